The van der Waals surface area contributed by atoms with Crippen LogP contribution in [0.4, 0.5) is 5.88 Å². The van der Waals surface area contributed by atoms with E-state index in [1.807, 2.05) is 41.0 Å². The molecule has 3 aliphatic rings. The molecule has 0 radical (unpaired) electrons. The quantitative estimate of drug-likeness (QED) is 0.351. The third kappa shape index (κ3) is 4.18. The van der Waals surface area contributed by atoms with E-state index in [0.29, 0.717) is 26.6 Å². The normalized spacial score (nSPS) is 18.6. The summed E-state index contributed by atoms with van der Waals surface area (Å²) in [6.45, 7) is 2.01. The fourth-order valence-corrected chi connectivity index (χ4v) is 7.16. The number of methoxy groups -OCH3 is 2. The van der Waals surface area contributed by atoms with E-state index in [9.17, 15) is 4.79 Å². The Morgan fingerprint density at radius 2 is 1.80 bits per heavy atom. The largest absolute Gasteiger partial charge is 0.493 e. The highest BCUT2D eigenvalue weighted by atomic mass is 32.1. The molecular formula is C32H31N3O4S. The minimum Gasteiger partial charge on any atom is -0.493 e. The van der Waals surface area contributed by atoms with E-state index in [0.717, 1.165) is 54.2 Å². The molecule has 1 saturated heterocycles. The van der Waals surface area contributed by atoms with Crippen molar-refractivity contribution < 1.29 is 13.9 Å². The Morgan fingerprint density at radius 3 is 2.62 bits per heavy atom. The number of nitrogens with zero attached hydrogens (tertiary/aromatic N) is 3. The van der Waals surface area contributed by atoms with E-state index in [1.54, 1.807) is 14.2 Å². The highest BCUT2D eigenvalue weighted by molar-refractivity contribution is 7.07. The van der Waals surface area contributed by atoms with Gasteiger partial charge in [-0.15, -0.1) is 0 Å². The minimum atomic E-state index is -0.290. The number of thiazole rings is 1. The first-order valence-corrected chi connectivity index (χ1v) is 14.7. The first-order valence-electron chi connectivity index (χ1n) is 13.8. The Hall–Kier alpha value is -4.04. The van der Waals surface area contributed by atoms with Crippen molar-refractivity contribution in [2.75, 3.05) is 32.2 Å². The van der Waals surface area contributed by atoms with Gasteiger partial charge < -0.3 is 18.8 Å². The van der Waals surface area contributed by atoms with Crippen molar-refractivity contribution in [1.29, 1.82) is 0 Å². The van der Waals surface area contributed by atoms with Gasteiger partial charge in [0.15, 0.2) is 22.2 Å². The van der Waals surface area contributed by atoms with E-state index in [-0.39, 0.29) is 11.6 Å². The van der Waals surface area contributed by atoms with Gasteiger partial charge in [0.2, 0.25) is 0 Å². The molecule has 0 bridgehead atoms. The zero-order valence-electron chi connectivity index (χ0n) is 22.7. The molecule has 2 aliphatic heterocycles. The SMILES string of the molecule is COc1ccc(C2C3=C(N=c4s/c(=C/c5ccc(N6CCCCC6)o5)c(=O)n42)c2ccccc2CC3)cc1OC. The summed E-state index contributed by atoms with van der Waals surface area (Å²) in [5.41, 5.74) is 5.46. The number of anilines is 1. The first kappa shape index (κ1) is 25.0. The van der Waals surface area contributed by atoms with Gasteiger partial charge in [0, 0.05) is 30.8 Å². The van der Waals surface area contributed by atoms with Crippen LogP contribution in [0.2, 0.25) is 0 Å². The fourth-order valence-electron chi connectivity index (χ4n) is 6.18. The van der Waals surface area contributed by atoms with Crippen molar-refractivity contribution in [3.63, 3.8) is 0 Å². The molecule has 8 heteroatoms. The Balaban J connectivity index is 1.39. The van der Waals surface area contributed by atoms with Crippen molar-refractivity contribution in [3.05, 3.63) is 102 Å². The van der Waals surface area contributed by atoms with Gasteiger partial charge in [-0.05, 0) is 67.0 Å². The standard InChI is InChI=1S/C32H31N3O4S/c1-37-25-14-11-21(18-26(25)38-2)30-24-13-10-20-8-4-5-9-23(20)29(24)33-32-35(30)31(36)27(40-32)19-22-12-15-28(39-22)34-16-6-3-7-17-34/h4-5,8-9,11-12,14-15,18-19,30H,3,6-7,10,13,16-17H2,1-2H3/b27-19+. The highest BCUT2D eigenvalue weighted by Crippen LogP contribution is 2.42. The molecule has 0 amide bonds. The van der Waals surface area contributed by atoms with Crippen LogP contribution in [0, 0.1) is 0 Å². The minimum absolute atomic E-state index is 0.0649. The molecule has 0 N–H and O–H groups in total. The van der Waals surface area contributed by atoms with E-state index in [1.165, 1.54) is 36.2 Å². The van der Waals surface area contributed by atoms with Crippen LogP contribution in [0.25, 0.3) is 11.8 Å². The molecule has 2 aromatic carbocycles. The van der Waals surface area contributed by atoms with Gasteiger partial charge in [-0.25, -0.2) is 4.99 Å². The maximum absolute atomic E-state index is 14.1. The zero-order chi connectivity index (χ0) is 27.2. The van der Waals surface area contributed by atoms with Crippen molar-refractivity contribution in [3.8, 4) is 11.5 Å². The number of hydrogen-bond acceptors (Lipinski definition) is 7. The smallest absolute Gasteiger partial charge is 0.271 e. The highest BCUT2D eigenvalue weighted by Gasteiger charge is 2.33. The molecule has 1 unspecified atom stereocenters. The summed E-state index contributed by atoms with van der Waals surface area (Å²) in [7, 11) is 3.26. The fraction of sp³-hybridized carbons (Fsp3) is 0.312. The van der Waals surface area contributed by atoms with Crippen molar-refractivity contribution in [1.82, 2.24) is 4.57 Å². The van der Waals surface area contributed by atoms with Gasteiger partial charge in [0.25, 0.3) is 5.56 Å². The number of ether oxygens (including phenoxy) is 2. The lowest BCUT2D eigenvalue weighted by Gasteiger charge is -2.31. The maximum atomic E-state index is 14.1. The van der Waals surface area contributed by atoms with Crippen LogP contribution in [0.15, 0.2) is 74.4 Å². The van der Waals surface area contributed by atoms with E-state index in [4.69, 9.17) is 18.9 Å². The summed E-state index contributed by atoms with van der Waals surface area (Å²) in [5, 5.41) is 0. The number of hydrogen-bond donors (Lipinski definition) is 0. The lowest BCUT2D eigenvalue weighted by atomic mass is 9.83. The van der Waals surface area contributed by atoms with Crippen molar-refractivity contribution >= 4 is 29.0 Å². The number of rotatable bonds is 5. The molecule has 4 aromatic rings. The van der Waals surface area contributed by atoms with Gasteiger partial charge in [-0.1, -0.05) is 41.7 Å². The van der Waals surface area contributed by atoms with Gasteiger partial charge in [0.1, 0.15) is 5.76 Å². The molecule has 4 heterocycles. The average molecular weight is 554 g/mol. The lowest BCUT2D eigenvalue weighted by Crippen LogP contribution is -2.38. The number of aromatic nitrogens is 1. The molecule has 0 saturated carbocycles. The summed E-state index contributed by atoms with van der Waals surface area (Å²) < 4.78 is 19.8. The van der Waals surface area contributed by atoms with Crippen LogP contribution in [-0.2, 0) is 6.42 Å². The average Bonchev–Trinajstić information content (AvgIpc) is 3.60. The van der Waals surface area contributed by atoms with Crippen LogP contribution in [0.5, 0.6) is 11.5 Å². The van der Waals surface area contributed by atoms with Crippen molar-refractivity contribution in [2.24, 2.45) is 4.99 Å². The molecule has 1 atom stereocenters. The van der Waals surface area contributed by atoms with E-state index >= 15 is 0 Å². The topological polar surface area (TPSA) is 69.2 Å². The summed E-state index contributed by atoms with van der Waals surface area (Å²) in [6.07, 6.45) is 7.22. The third-order valence-electron chi connectivity index (χ3n) is 8.15. The predicted molar refractivity (Wildman–Crippen MR) is 157 cm³/mol. The molecule has 1 aliphatic carbocycles. The Labute approximate surface area is 236 Å². The second kappa shape index (κ2) is 10.2. The lowest BCUT2D eigenvalue weighted by molar-refractivity contribution is 0.354. The van der Waals surface area contributed by atoms with Gasteiger partial charge in [0.05, 0.1) is 30.5 Å². The van der Waals surface area contributed by atoms with E-state index in [2.05, 4.69) is 29.2 Å². The summed E-state index contributed by atoms with van der Waals surface area (Å²) in [5.74, 6) is 2.85. The predicted octanol–water partition coefficient (Wildman–Crippen LogP) is 4.92. The number of piperidine rings is 1. The van der Waals surface area contributed by atoms with Crippen LogP contribution in [-0.4, -0.2) is 31.9 Å². The third-order valence-corrected chi connectivity index (χ3v) is 9.13. The summed E-state index contributed by atoms with van der Waals surface area (Å²) in [4.78, 5) is 22.1. The molecule has 2 aromatic heterocycles. The number of allylic oxidation sites excluding steroid dienone is 1. The Bertz CT molecular complexity index is 1810. The monoisotopic (exact) mass is 553 g/mol. The molecule has 204 valence electrons. The van der Waals surface area contributed by atoms with Crippen LogP contribution < -0.4 is 29.3 Å². The number of benzene rings is 2. The zero-order valence-corrected chi connectivity index (χ0v) is 23.5. The molecular weight excluding hydrogens is 522 g/mol. The number of furan rings is 1. The van der Waals surface area contributed by atoms with Crippen LogP contribution in [0.3, 0.4) is 0 Å². The van der Waals surface area contributed by atoms with Gasteiger partial charge in [-0.3, -0.25) is 9.36 Å². The second-order valence-electron chi connectivity index (χ2n) is 10.5. The molecule has 40 heavy (non-hydrogen) atoms. The maximum Gasteiger partial charge on any atom is 0.271 e. The summed E-state index contributed by atoms with van der Waals surface area (Å²) >= 11 is 1.41. The molecule has 7 rings (SSSR count). The number of fused-ring (bicyclic) bond motifs is 3. The van der Waals surface area contributed by atoms with Gasteiger partial charge >= 0.3 is 0 Å². The van der Waals surface area contributed by atoms with E-state index < -0.39 is 0 Å². The van der Waals surface area contributed by atoms with Crippen molar-refractivity contribution in [2.45, 2.75) is 38.1 Å². The summed E-state index contributed by atoms with van der Waals surface area (Å²) in [6, 6.07) is 18.0. The van der Waals surface area contributed by atoms with Crippen LogP contribution >= 0.6 is 11.3 Å². The van der Waals surface area contributed by atoms with Crippen LogP contribution in [0.1, 0.15) is 54.2 Å². The Morgan fingerprint density at radius 1 is 0.975 bits per heavy atom. The molecule has 1 fully saturated rings. The Kier molecular flexibility index (Phi) is 6.35. The molecule has 0 spiro atoms. The number of aryl methyl sites for hydroxylation is 1. The first-order chi connectivity index (χ1) is 19.6. The second-order valence-corrected chi connectivity index (χ2v) is 11.5. The molecule has 7 nitrogen and oxygen atoms in total. The van der Waals surface area contributed by atoms with Gasteiger partial charge in [-0.2, -0.15) is 0 Å².